The predicted octanol–water partition coefficient (Wildman–Crippen LogP) is 0.584. The van der Waals surface area contributed by atoms with Gasteiger partial charge in [-0.25, -0.2) is 9.13 Å². The highest BCUT2D eigenvalue weighted by atomic mass is 31.2. The van der Waals surface area contributed by atoms with E-state index < -0.39 is 181 Å². The molecule has 6 aliphatic rings. The molecule has 0 radical (unpaired) electrons. The Kier molecular flexibility index (Phi) is 48.3. The topological polar surface area (TPSA) is 594 Å². The molecule has 44 heteroatoms. The third kappa shape index (κ3) is 38.7. The number of phosphoric acid groups is 2. The summed E-state index contributed by atoms with van der Waals surface area (Å²) in [5.41, 5.74) is -3.78. The number of carbonyl (C=O) groups is 9. The summed E-state index contributed by atoms with van der Waals surface area (Å²) in [6.45, 7) is 10.2. The van der Waals surface area contributed by atoms with Gasteiger partial charge < -0.3 is 136 Å². The Morgan fingerprint density at radius 2 is 0.669 bits per heavy atom. The lowest BCUT2D eigenvalue weighted by Crippen LogP contribution is -2.64. The van der Waals surface area contributed by atoms with E-state index in [1.165, 1.54) is 20.8 Å². The van der Waals surface area contributed by atoms with Crippen molar-refractivity contribution < 1.29 is 159 Å². The number of unbranched alkanes of at least 4 members (excludes halogenated alkanes) is 9. The van der Waals surface area contributed by atoms with Crippen molar-refractivity contribution in [2.45, 2.75) is 313 Å². The van der Waals surface area contributed by atoms with E-state index in [-0.39, 0.29) is 171 Å². The molecule has 0 saturated carbocycles. The van der Waals surface area contributed by atoms with E-state index in [4.69, 9.17) is 51.3 Å². The van der Waals surface area contributed by atoms with Crippen molar-refractivity contribution in [1.29, 1.82) is 0 Å². The molecule has 42 nitrogen and oxygen atoms in total. The van der Waals surface area contributed by atoms with Gasteiger partial charge in [0.1, 0.15) is 54.7 Å². The van der Waals surface area contributed by atoms with Crippen molar-refractivity contribution in [3.63, 3.8) is 0 Å². The molecule has 0 aromatic rings. The Morgan fingerprint density at radius 1 is 0.386 bits per heavy atom. The molecule has 17 N–H and O–H groups in total. The van der Waals surface area contributed by atoms with E-state index in [0.717, 1.165) is 0 Å². The summed E-state index contributed by atoms with van der Waals surface area (Å²) < 4.78 is 91.6. The lowest BCUT2D eigenvalue weighted by Gasteiger charge is -2.43. The second-order valence-electron chi connectivity index (χ2n) is 35.9. The van der Waals surface area contributed by atoms with Crippen molar-refractivity contribution >= 4 is 68.8 Å². The van der Waals surface area contributed by atoms with Gasteiger partial charge in [0, 0.05) is 160 Å². The van der Waals surface area contributed by atoms with Crippen LogP contribution in [0.2, 0.25) is 0 Å². The molecule has 0 bridgehead atoms. The van der Waals surface area contributed by atoms with E-state index in [1.807, 2.05) is 20.8 Å². The van der Waals surface area contributed by atoms with E-state index in [1.54, 1.807) is 21.6 Å². The number of amides is 9. The number of hydrogen-bond acceptors (Lipinski definition) is 31. The van der Waals surface area contributed by atoms with Gasteiger partial charge in [-0.05, 0) is 136 Å². The van der Waals surface area contributed by atoms with Crippen LogP contribution in [0.25, 0.3) is 0 Å². The molecule has 9 amide bonds. The van der Waals surface area contributed by atoms with Gasteiger partial charge in [-0.2, -0.15) is 0 Å². The molecule has 0 aliphatic carbocycles. The van der Waals surface area contributed by atoms with Gasteiger partial charge in [0.15, 0.2) is 18.9 Å². The van der Waals surface area contributed by atoms with Crippen LogP contribution in [0.15, 0.2) is 0 Å². The van der Waals surface area contributed by atoms with E-state index in [0.29, 0.717) is 142 Å². The fourth-order valence-electron chi connectivity index (χ4n) is 16.0. The molecule has 6 fully saturated rings. The summed E-state index contributed by atoms with van der Waals surface area (Å²) in [5, 5.41) is 108. The van der Waals surface area contributed by atoms with Crippen LogP contribution in [0, 0.1) is 22.2 Å². The summed E-state index contributed by atoms with van der Waals surface area (Å²) >= 11 is 0. The molecule has 6 heterocycles. The summed E-state index contributed by atoms with van der Waals surface area (Å²) in [6, 6.07) is -2.99. The standard InChI is InChI=1S/C83H149N9O33P2/c1-56-60(47-93)123-77(69(72(56)106)87-57(2)97)115-44-20-14-23-63(100)84-35-17-8-11-26-66(103)90-38-29-81(50-96,30-39-90)52-119-126(111,112)121-54-83(33-42-92(43-34-83)68(105)28-13-10-19-37-86-65(102)25-16-22-46-117-79-71(89-59(4)99)76(110)74(108)62(49-95)125-79)55-122-127(113,114)120-53-82(51-118-80(5,6)7)31-40-91(41-32-82)67(104)27-12-9-18-36-85-64(101)24-15-21-45-116-78-70(88-58(3)98)75(109)73(107)61(48-94)124-78/h56,60-62,69-79,93-96,106-110H,8-55H2,1-7H3,(H,84,100)(H,85,101)(H,86,102)(H,87,97)(H,88,98)(H,89,99)(H,111,112)(H,113,114)/t56-,60+,61+,62+,69+,70+,71+,72-,73-,74-,75+,76+,77+,78+,79+/m0/s1. The molecule has 0 aromatic heterocycles. The van der Waals surface area contributed by atoms with Crippen LogP contribution in [-0.4, -0.2) is 353 Å². The van der Waals surface area contributed by atoms with Gasteiger partial charge in [0.2, 0.25) is 53.2 Å². The quantitative estimate of drug-likeness (QED) is 0.0293. The fraction of sp³-hybridized carbons (Fsp3) is 0.892. The maximum atomic E-state index is 14.2. The number of carbonyl (C=O) groups excluding carboxylic acids is 9. The molecule has 6 rings (SSSR count). The van der Waals surface area contributed by atoms with Crippen molar-refractivity contribution in [2.24, 2.45) is 22.2 Å². The maximum Gasteiger partial charge on any atom is 0.472 e. The Balaban J connectivity index is 0.944. The number of aliphatic hydroxyl groups is 9. The van der Waals surface area contributed by atoms with E-state index in [9.17, 15) is 108 Å². The maximum absolute atomic E-state index is 14.2. The fourth-order valence-corrected chi connectivity index (χ4v) is 17.9. The number of hydrogen-bond donors (Lipinski definition) is 17. The normalized spacial score (nSPS) is 27.0. The SMILES string of the molecule is CC(=O)N[C@H]1[C@H](OCCCCC(=O)NCCCCCC(=O)N2CCC(CO)(COP(=O)(O)OCC3(COP(=O)(O)OCC4(COC(C)(C)C)CCN(C(=O)CCCCCNC(=O)CCCCO[C@@H]5O[C@H](CO)[C@H](O)[C@H](O)[C@H]5NC(C)=O)CC4)CCN(C(=O)CCCCCNC(=O)CCCCO[C@@H]4O[C@H](CO)[C@H](O)[C@H](O)[C@H]4NC(C)=O)CC3)CC2)O[C@H](CO)[C@H](C)[C@@H]1O. The van der Waals surface area contributed by atoms with E-state index >= 15 is 0 Å². The van der Waals surface area contributed by atoms with Crippen LogP contribution in [-0.2, 0) is 104 Å². The van der Waals surface area contributed by atoms with Crippen molar-refractivity contribution in [3.8, 4) is 0 Å². The minimum absolute atomic E-state index is 0.0740. The second-order valence-corrected chi connectivity index (χ2v) is 38.8. The highest BCUT2D eigenvalue weighted by Gasteiger charge is 2.50. The lowest BCUT2D eigenvalue weighted by molar-refractivity contribution is -0.270. The third-order valence-electron chi connectivity index (χ3n) is 24.4. The van der Waals surface area contributed by atoms with Crippen LogP contribution in [0.5, 0.6) is 0 Å². The first kappa shape index (κ1) is 111. The van der Waals surface area contributed by atoms with Crippen molar-refractivity contribution in [2.75, 3.05) is 138 Å². The molecule has 6 aliphatic heterocycles. The highest BCUT2D eigenvalue weighted by Crippen LogP contribution is 2.52. The minimum Gasteiger partial charge on any atom is -0.396 e. The second kappa shape index (κ2) is 55.5. The van der Waals surface area contributed by atoms with Crippen LogP contribution < -0.4 is 31.9 Å². The number of likely N-dealkylation sites (tertiary alicyclic amines) is 3. The van der Waals surface area contributed by atoms with Crippen molar-refractivity contribution in [3.05, 3.63) is 0 Å². The lowest BCUT2D eigenvalue weighted by atomic mass is 9.79. The first-order valence-electron chi connectivity index (χ1n) is 45.2. The Bertz CT molecular complexity index is 3440. The number of phosphoric ester groups is 2. The number of piperidine rings is 3. The smallest absolute Gasteiger partial charge is 0.396 e. The van der Waals surface area contributed by atoms with E-state index in [2.05, 4.69) is 31.9 Å². The van der Waals surface area contributed by atoms with Gasteiger partial charge in [-0.15, -0.1) is 0 Å². The molecule has 0 spiro atoms. The Morgan fingerprint density at radius 3 is 0.969 bits per heavy atom. The van der Waals surface area contributed by atoms with Crippen LogP contribution in [0.4, 0.5) is 0 Å². The first-order chi connectivity index (χ1) is 60.2. The summed E-state index contributed by atoms with van der Waals surface area (Å²) in [5.74, 6) is -2.70. The molecule has 6 saturated heterocycles. The Labute approximate surface area is 745 Å². The van der Waals surface area contributed by atoms with Gasteiger partial charge in [-0.1, -0.05) is 26.2 Å². The summed E-state index contributed by atoms with van der Waals surface area (Å²) in [4.78, 5) is 142. The zero-order valence-electron chi connectivity index (χ0n) is 75.2. The third-order valence-corrected chi connectivity index (χ3v) is 26.2. The molecule has 127 heavy (non-hydrogen) atoms. The van der Waals surface area contributed by atoms with Gasteiger partial charge in [-0.3, -0.25) is 61.2 Å². The summed E-state index contributed by atoms with van der Waals surface area (Å²) in [6.07, 6.45) is -2.47. The van der Waals surface area contributed by atoms with Crippen molar-refractivity contribution in [1.82, 2.24) is 46.6 Å². The van der Waals surface area contributed by atoms with Crippen LogP contribution >= 0.6 is 15.6 Å². The average molecular weight is 1860 g/mol. The zero-order chi connectivity index (χ0) is 93.6. The number of nitrogens with zero attached hydrogens (tertiary/aromatic N) is 3. The van der Waals surface area contributed by atoms with Gasteiger partial charge in [0.25, 0.3) is 0 Å². The molecule has 0 aromatic carbocycles. The minimum atomic E-state index is -4.97. The number of ether oxygens (including phenoxy) is 7. The largest absolute Gasteiger partial charge is 0.472 e. The zero-order valence-corrected chi connectivity index (χ0v) is 77.0. The molecular formula is C83H149N9O33P2. The average Bonchev–Trinajstić information content (AvgIpc) is 0.817. The number of nitrogens with one attached hydrogen (secondary N) is 6. The Hall–Kier alpha value is -5.19. The number of rotatable bonds is 57. The van der Waals surface area contributed by atoms with Gasteiger partial charge in [0.05, 0.1) is 77.3 Å². The molecular weight excluding hydrogens is 1710 g/mol. The van der Waals surface area contributed by atoms with Gasteiger partial charge >= 0.3 is 15.6 Å². The number of aliphatic hydroxyl groups excluding tert-OH is 9. The van der Waals surface area contributed by atoms with Crippen LogP contribution in [0.3, 0.4) is 0 Å². The highest BCUT2D eigenvalue weighted by molar-refractivity contribution is 7.47. The predicted molar refractivity (Wildman–Crippen MR) is 454 cm³/mol. The molecule has 2 unspecified atom stereocenters. The van der Waals surface area contributed by atoms with Crippen LogP contribution in [0.1, 0.15) is 222 Å². The molecule has 734 valence electrons. The first-order valence-corrected chi connectivity index (χ1v) is 48.2. The molecule has 17 atom stereocenters. The summed E-state index contributed by atoms with van der Waals surface area (Å²) in [7, 11) is -9.94. The monoisotopic (exact) mass is 1860 g/mol.